The minimum Gasteiger partial charge on any atom is -0.480 e. The van der Waals surface area contributed by atoms with Crippen LogP contribution in [-0.2, 0) is 9.53 Å². The minimum atomic E-state index is -0.953. The lowest BCUT2D eigenvalue weighted by molar-refractivity contribution is -0.145. The highest BCUT2D eigenvalue weighted by Crippen LogP contribution is 2.15. The lowest BCUT2D eigenvalue weighted by Crippen LogP contribution is -2.47. The van der Waals surface area contributed by atoms with Crippen molar-refractivity contribution in [1.29, 1.82) is 0 Å². The second kappa shape index (κ2) is 8.58. The van der Waals surface area contributed by atoms with Gasteiger partial charge in [-0.2, -0.15) is 0 Å². The van der Waals surface area contributed by atoms with Crippen molar-refractivity contribution in [2.24, 2.45) is 0 Å². The van der Waals surface area contributed by atoms with Crippen molar-refractivity contribution in [3.8, 4) is 0 Å². The number of piperidine rings is 1. The number of carbonyl (C=O) groups is 2. The molecule has 0 atom stereocenters. The Morgan fingerprint density at radius 1 is 1.45 bits per heavy atom. The molecule has 0 aromatic carbocycles. The van der Waals surface area contributed by atoms with Crippen molar-refractivity contribution in [2.45, 2.75) is 31.8 Å². The van der Waals surface area contributed by atoms with E-state index in [0.29, 0.717) is 25.9 Å². The molecular weight excluding hydrogens is 260 g/mol. The number of aliphatic carboxylic acids is 1. The van der Waals surface area contributed by atoms with Crippen molar-refractivity contribution < 1.29 is 19.4 Å². The molecule has 1 aliphatic rings. The molecule has 1 aliphatic heterocycles. The second-order valence-electron chi connectivity index (χ2n) is 5.03. The molecule has 0 unspecified atom stereocenters. The number of hydrogen-bond acceptors (Lipinski definition) is 3. The number of hydrogen-bond donors (Lipinski definition) is 1. The van der Waals surface area contributed by atoms with E-state index in [4.69, 9.17) is 9.84 Å². The van der Waals surface area contributed by atoms with Gasteiger partial charge in [0.15, 0.2) is 0 Å². The van der Waals surface area contributed by atoms with Gasteiger partial charge in [0.05, 0.1) is 6.10 Å². The van der Waals surface area contributed by atoms with Crippen LogP contribution in [-0.4, -0.2) is 66.3 Å². The fraction of sp³-hybridized carbons (Fsp3) is 0.714. The van der Waals surface area contributed by atoms with E-state index < -0.39 is 5.97 Å². The fourth-order valence-electron chi connectivity index (χ4n) is 2.21. The number of urea groups is 1. The van der Waals surface area contributed by atoms with Crippen LogP contribution in [0.1, 0.15) is 25.7 Å². The average molecular weight is 284 g/mol. The summed E-state index contributed by atoms with van der Waals surface area (Å²) in [5.74, 6) is -0.953. The van der Waals surface area contributed by atoms with Gasteiger partial charge in [0, 0.05) is 26.7 Å². The molecule has 0 saturated carbocycles. The zero-order valence-electron chi connectivity index (χ0n) is 12.1. The van der Waals surface area contributed by atoms with Crippen LogP contribution in [0.4, 0.5) is 4.79 Å². The quantitative estimate of drug-likeness (QED) is 0.569. The first kappa shape index (κ1) is 16.5. The molecule has 0 aromatic rings. The van der Waals surface area contributed by atoms with Gasteiger partial charge in [0.2, 0.25) is 0 Å². The predicted octanol–water partition coefficient (Wildman–Crippen LogP) is 1.57. The maximum Gasteiger partial charge on any atom is 0.329 e. The fourth-order valence-corrected chi connectivity index (χ4v) is 2.21. The molecule has 0 aromatic heterocycles. The molecule has 1 N–H and O–H groups in total. The van der Waals surface area contributed by atoms with Gasteiger partial charge in [-0.3, -0.25) is 0 Å². The number of likely N-dealkylation sites (tertiary alicyclic amines) is 1. The molecule has 0 bridgehead atoms. The molecule has 0 aliphatic carbocycles. The Bertz CT molecular complexity index is 338. The molecule has 1 fully saturated rings. The van der Waals surface area contributed by atoms with Crippen LogP contribution in [0.5, 0.6) is 0 Å². The number of carboxylic acid groups (broad SMARTS) is 1. The van der Waals surface area contributed by atoms with E-state index in [1.165, 1.54) is 0 Å². The summed E-state index contributed by atoms with van der Waals surface area (Å²) in [6.07, 6.45) is 5.01. The van der Waals surface area contributed by atoms with Crippen molar-refractivity contribution in [3.05, 3.63) is 12.7 Å². The summed E-state index contributed by atoms with van der Waals surface area (Å²) in [5.41, 5.74) is 0. The third-order valence-corrected chi connectivity index (χ3v) is 3.38. The molecule has 6 nitrogen and oxygen atoms in total. The summed E-state index contributed by atoms with van der Waals surface area (Å²) in [6.45, 7) is 5.36. The van der Waals surface area contributed by atoms with Crippen molar-refractivity contribution >= 4 is 12.0 Å². The maximum atomic E-state index is 12.2. The topological polar surface area (TPSA) is 70.1 Å². The minimum absolute atomic E-state index is 0.0331. The van der Waals surface area contributed by atoms with Crippen molar-refractivity contribution in [3.63, 3.8) is 0 Å². The van der Waals surface area contributed by atoms with Crippen LogP contribution in [0.3, 0.4) is 0 Å². The zero-order valence-corrected chi connectivity index (χ0v) is 12.1. The third-order valence-electron chi connectivity index (χ3n) is 3.38. The Kier molecular flexibility index (Phi) is 7.08. The highest BCUT2D eigenvalue weighted by atomic mass is 16.5. The number of allylic oxidation sites excluding steroid dienone is 1. The van der Waals surface area contributed by atoms with Crippen LogP contribution >= 0.6 is 0 Å². The Morgan fingerprint density at radius 3 is 2.65 bits per heavy atom. The van der Waals surface area contributed by atoms with Gasteiger partial charge >= 0.3 is 12.0 Å². The molecule has 2 amide bonds. The van der Waals surface area contributed by atoms with E-state index in [9.17, 15) is 9.59 Å². The predicted molar refractivity (Wildman–Crippen MR) is 75.6 cm³/mol. The van der Waals surface area contributed by atoms with Gasteiger partial charge in [-0.15, -0.1) is 6.58 Å². The van der Waals surface area contributed by atoms with Gasteiger partial charge in [-0.1, -0.05) is 6.08 Å². The molecule has 0 radical (unpaired) electrons. The van der Waals surface area contributed by atoms with Crippen LogP contribution in [0.15, 0.2) is 12.7 Å². The summed E-state index contributed by atoms with van der Waals surface area (Å²) in [7, 11) is 1.80. The molecule has 0 spiro atoms. The molecule has 1 saturated heterocycles. The zero-order chi connectivity index (χ0) is 15.0. The molecule has 20 heavy (non-hydrogen) atoms. The van der Waals surface area contributed by atoms with E-state index >= 15 is 0 Å². The van der Waals surface area contributed by atoms with Crippen LogP contribution in [0.2, 0.25) is 0 Å². The first-order valence-electron chi connectivity index (χ1n) is 6.99. The Labute approximate surface area is 120 Å². The largest absolute Gasteiger partial charge is 0.480 e. The van der Waals surface area contributed by atoms with Gasteiger partial charge < -0.3 is 19.6 Å². The maximum absolute atomic E-state index is 12.2. The molecule has 114 valence electrons. The van der Waals surface area contributed by atoms with E-state index in [0.717, 1.165) is 19.4 Å². The number of unbranched alkanes of at least 4 members (excludes halogenated alkanes) is 1. The summed E-state index contributed by atoms with van der Waals surface area (Å²) in [6, 6.07) is 0.0331. The summed E-state index contributed by atoms with van der Waals surface area (Å²) >= 11 is 0. The molecule has 1 heterocycles. The second-order valence-corrected chi connectivity index (χ2v) is 5.03. The summed E-state index contributed by atoms with van der Waals surface area (Å²) in [5, 5.41) is 8.56. The average Bonchev–Trinajstić information content (AvgIpc) is 2.45. The first-order chi connectivity index (χ1) is 9.54. The van der Waals surface area contributed by atoms with Crippen LogP contribution in [0, 0.1) is 0 Å². The Balaban J connectivity index is 2.27. The molecule has 6 heteroatoms. The normalized spacial score (nSPS) is 15.9. The van der Waals surface area contributed by atoms with Crippen LogP contribution in [0.25, 0.3) is 0 Å². The van der Waals surface area contributed by atoms with Gasteiger partial charge in [0.25, 0.3) is 0 Å². The van der Waals surface area contributed by atoms with Gasteiger partial charge in [-0.25, -0.2) is 9.59 Å². The first-order valence-corrected chi connectivity index (χ1v) is 6.99. The number of nitrogens with zero attached hydrogens (tertiary/aromatic N) is 2. The van der Waals surface area contributed by atoms with Crippen LogP contribution < -0.4 is 0 Å². The summed E-state index contributed by atoms with van der Waals surface area (Å²) in [4.78, 5) is 26.1. The number of carbonyl (C=O) groups excluding carboxylic acids is 1. The van der Waals surface area contributed by atoms with E-state index in [1.807, 2.05) is 6.08 Å². The highest BCUT2D eigenvalue weighted by Gasteiger charge is 2.25. The van der Waals surface area contributed by atoms with E-state index in [1.54, 1.807) is 16.8 Å². The molecular formula is C14H24N2O4. The number of amides is 2. The van der Waals surface area contributed by atoms with Crippen molar-refractivity contribution in [1.82, 2.24) is 9.80 Å². The molecule has 1 rings (SSSR count). The standard InChI is InChI=1S/C14H24N2O4/c1-3-4-5-8-15(2)14(19)16-9-6-12(7-10-16)20-11-13(17)18/h3,12H,1,4-11H2,2H3,(H,17,18). The number of rotatable bonds is 7. The number of carboxylic acids is 1. The van der Waals surface area contributed by atoms with E-state index in [-0.39, 0.29) is 18.7 Å². The Morgan fingerprint density at radius 2 is 2.10 bits per heavy atom. The monoisotopic (exact) mass is 284 g/mol. The third kappa shape index (κ3) is 5.61. The van der Waals surface area contributed by atoms with Gasteiger partial charge in [-0.05, 0) is 25.7 Å². The highest BCUT2D eigenvalue weighted by molar-refractivity contribution is 5.74. The van der Waals surface area contributed by atoms with Crippen molar-refractivity contribution in [2.75, 3.05) is 33.3 Å². The smallest absolute Gasteiger partial charge is 0.329 e. The van der Waals surface area contributed by atoms with Gasteiger partial charge in [0.1, 0.15) is 6.61 Å². The lowest BCUT2D eigenvalue weighted by atomic mass is 10.1. The SMILES string of the molecule is C=CCCCN(C)C(=O)N1CCC(OCC(=O)O)CC1. The Hall–Kier alpha value is -1.56. The number of ether oxygens (including phenoxy) is 1. The lowest BCUT2D eigenvalue weighted by Gasteiger charge is -2.34. The summed E-state index contributed by atoms with van der Waals surface area (Å²) < 4.78 is 5.25. The van der Waals surface area contributed by atoms with E-state index in [2.05, 4.69) is 6.58 Å².